The molecule has 0 radical (unpaired) electrons. The molecule has 0 unspecified atom stereocenters. The predicted octanol–water partition coefficient (Wildman–Crippen LogP) is 24.0. The smallest absolute Gasteiger partial charge is 0.0532 e. The van der Waals surface area contributed by atoms with Crippen LogP contribution in [0.5, 0.6) is 0 Å². The lowest BCUT2D eigenvalue weighted by atomic mass is 9.80. The van der Waals surface area contributed by atoms with Gasteiger partial charge in [-0.3, -0.25) is 0 Å². The molecule has 9 aromatic carbocycles. The van der Waals surface area contributed by atoms with Gasteiger partial charge in [0.15, 0.2) is 0 Å². The van der Waals surface area contributed by atoms with E-state index in [0.29, 0.717) is 22.7 Å². The first kappa shape index (κ1) is 56.9. The Bertz CT molecular complexity index is 3880. The summed E-state index contributed by atoms with van der Waals surface area (Å²) in [6.45, 7) is 26.0. The van der Waals surface area contributed by atoms with Crippen molar-refractivity contribution in [3.05, 3.63) is 246 Å². The number of benzene rings is 9. The van der Waals surface area contributed by atoms with Crippen LogP contribution >= 0.6 is 0 Å². The van der Waals surface area contributed by atoms with E-state index in [1.165, 1.54) is 0 Å². The molecule has 0 aliphatic heterocycles. The van der Waals surface area contributed by atoms with Crippen molar-refractivity contribution in [1.29, 1.82) is 0 Å². The van der Waals surface area contributed by atoms with E-state index in [0.717, 1.165) is 111 Å². The Labute approximate surface area is 480 Å². The molecule has 9 aromatic rings. The van der Waals surface area contributed by atoms with E-state index in [-0.39, 0.29) is 21.7 Å². The third kappa shape index (κ3) is 11.9. The minimum atomic E-state index is -0.341. The topological polar surface area (TPSA) is 195 Å². The molecular formula is C70H66N12. The van der Waals surface area contributed by atoms with E-state index in [1.54, 1.807) is 0 Å². The van der Waals surface area contributed by atoms with Crippen molar-refractivity contribution in [1.82, 2.24) is 0 Å². The number of hydrogen-bond donors (Lipinski definition) is 0. The average Bonchev–Trinajstić information content (AvgIpc) is 2.61. The summed E-state index contributed by atoms with van der Waals surface area (Å²) in [5, 5.41) is 17.7. The van der Waals surface area contributed by atoms with Crippen LogP contribution in [0.4, 0.5) is 22.7 Å². The Morgan fingerprint density at radius 2 is 0.402 bits per heavy atom. The predicted molar refractivity (Wildman–Crippen MR) is 340 cm³/mol. The summed E-state index contributed by atoms with van der Waals surface area (Å²) >= 11 is 0. The van der Waals surface area contributed by atoms with Gasteiger partial charge in [0.25, 0.3) is 0 Å². The van der Waals surface area contributed by atoms with Crippen molar-refractivity contribution >= 4 is 22.7 Å². The van der Waals surface area contributed by atoms with Crippen LogP contribution in [-0.2, 0) is 21.7 Å². The van der Waals surface area contributed by atoms with Gasteiger partial charge in [0.1, 0.15) is 0 Å². The Morgan fingerprint density at radius 3 is 0.573 bits per heavy atom. The van der Waals surface area contributed by atoms with Gasteiger partial charge in [0, 0.05) is 19.6 Å². The zero-order chi connectivity index (χ0) is 58.7. The van der Waals surface area contributed by atoms with Crippen molar-refractivity contribution in [2.45, 2.75) is 105 Å². The molecule has 0 amide bonds. The van der Waals surface area contributed by atoms with Gasteiger partial charge in [-0.2, -0.15) is 0 Å². The third-order valence-electron chi connectivity index (χ3n) is 15.1. The summed E-state index contributed by atoms with van der Waals surface area (Å²) in [7, 11) is 0. The Balaban J connectivity index is 1.25. The second kappa shape index (κ2) is 22.8. The fraction of sp³-hybridized carbons (Fsp3) is 0.229. The normalized spacial score (nSPS) is 11.7. The second-order valence-electron chi connectivity index (χ2n) is 24.9. The molecule has 9 rings (SSSR count). The number of azide groups is 4. The van der Waals surface area contributed by atoms with Crippen LogP contribution in [0.15, 0.2) is 202 Å². The zero-order valence-electron chi connectivity index (χ0n) is 48.7. The first-order valence-corrected chi connectivity index (χ1v) is 27.4. The maximum atomic E-state index is 10.4. The molecule has 0 aromatic heterocycles. The third-order valence-corrected chi connectivity index (χ3v) is 15.1. The van der Waals surface area contributed by atoms with Crippen molar-refractivity contribution in [2.75, 3.05) is 0 Å². The molecule has 82 heavy (non-hydrogen) atoms. The van der Waals surface area contributed by atoms with Crippen LogP contribution in [0.3, 0.4) is 0 Å². The summed E-state index contributed by atoms with van der Waals surface area (Å²) < 4.78 is 0. The van der Waals surface area contributed by atoms with Gasteiger partial charge in [-0.25, -0.2) is 0 Å². The van der Waals surface area contributed by atoms with Crippen LogP contribution < -0.4 is 0 Å². The van der Waals surface area contributed by atoms with E-state index >= 15 is 0 Å². The molecule has 0 aliphatic carbocycles. The van der Waals surface area contributed by atoms with Gasteiger partial charge < -0.3 is 0 Å². The van der Waals surface area contributed by atoms with Crippen molar-refractivity contribution in [2.24, 2.45) is 20.5 Å². The summed E-state index contributed by atoms with van der Waals surface area (Å²) in [6, 6.07) is 61.1. The lowest BCUT2D eigenvalue weighted by Gasteiger charge is -2.25. The molecule has 0 bridgehead atoms. The summed E-state index contributed by atoms with van der Waals surface area (Å²) in [4.78, 5) is 13.6. The molecule has 0 spiro atoms. The minimum absolute atomic E-state index is 0.237. The molecule has 0 fully saturated rings. The standard InChI is InChI=1S/C70H66N12/c1-67(2,3)51-35-55(43-22-15-13-16-23-43)63(75-79-71)57(37-51)45-26-19-28-47(32-45)59-39-53(69(7,8)9)41-61(65(59)77-81-73)49-30-21-31-50(34-49)62-42-54(70(10,11)12)40-60(66(62)78-82-74)48-29-20-27-46(33-48)58-38-52(68(4,5)6)36-56(64(58)76-80-72)44-24-17-14-18-25-44/h13-42H,1-12H3. The van der Waals surface area contributed by atoms with Gasteiger partial charge in [-0.15, -0.1) is 0 Å². The highest BCUT2D eigenvalue weighted by Crippen LogP contribution is 2.50. The highest BCUT2D eigenvalue weighted by Gasteiger charge is 2.26. The van der Waals surface area contributed by atoms with Gasteiger partial charge >= 0.3 is 0 Å². The van der Waals surface area contributed by atoms with Gasteiger partial charge in [-0.1, -0.05) is 267 Å². The largest absolute Gasteiger partial charge is 0.0622 e. The van der Waals surface area contributed by atoms with Crippen molar-refractivity contribution < 1.29 is 0 Å². The van der Waals surface area contributed by atoms with Crippen LogP contribution in [0.1, 0.15) is 105 Å². The minimum Gasteiger partial charge on any atom is -0.0622 e. The van der Waals surface area contributed by atoms with E-state index < -0.39 is 0 Å². The zero-order valence-corrected chi connectivity index (χ0v) is 48.7. The maximum absolute atomic E-state index is 10.4. The number of hydrogen-bond acceptors (Lipinski definition) is 4. The van der Waals surface area contributed by atoms with Crippen molar-refractivity contribution in [3.63, 3.8) is 0 Å². The maximum Gasteiger partial charge on any atom is 0.0532 e. The van der Waals surface area contributed by atoms with Gasteiger partial charge in [-0.05, 0) is 173 Å². The molecular weight excluding hydrogens is 1010 g/mol. The molecule has 0 saturated heterocycles. The van der Waals surface area contributed by atoms with E-state index in [2.05, 4.69) is 190 Å². The van der Waals surface area contributed by atoms with Gasteiger partial charge in [0.2, 0.25) is 0 Å². The fourth-order valence-corrected chi connectivity index (χ4v) is 10.4. The van der Waals surface area contributed by atoms with Gasteiger partial charge in [0.05, 0.1) is 22.7 Å². The van der Waals surface area contributed by atoms with E-state index in [9.17, 15) is 22.1 Å². The Morgan fingerprint density at radius 1 is 0.232 bits per heavy atom. The quantitative estimate of drug-likeness (QED) is 0.0639. The fourth-order valence-electron chi connectivity index (χ4n) is 10.4. The molecule has 0 saturated carbocycles. The van der Waals surface area contributed by atoms with Crippen molar-refractivity contribution in [3.8, 4) is 89.0 Å². The Hall–Kier alpha value is -9.78. The first-order valence-electron chi connectivity index (χ1n) is 27.4. The van der Waals surface area contributed by atoms with Crippen LogP contribution in [0.25, 0.3) is 131 Å². The van der Waals surface area contributed by atoms with Crippen LogP contribution in [-0.4, -0.2) is 0 Å². The lowest BCUT2D eigenvalue weighted by Crippen LogP contribution is -2.11. The summed E-state index contributed by atoms with van der Waals surface area (Å²) in [5.41, 5.74) is 58.7. The molecule has 0 atom stereocenters. The SMILES string of the molecule is CC(C)(C)c1cc(-c2ccccc2)c(N=[N+]=[N-])c(-c2cccc(-c3cc(C(C)(C)C)cc(-c4cccc(-c5cc(C(C)(C)C)cc(-c6cccc(-c7cc(C(C)(C)C)cc(-c8ccccc8)c7N=[N+]=[N-])c6)c5N=[N+]=[N-])c4)c3N=[N+]=[N-])c2)c1. The first-order chi connectivity index (χ1) is 39.0. The molecule has 0 N–H and O–H groups in total. The average molecular weight is 1080 g/mol. The highest BCUT2D eigenvalue weighted by molar-refractivity contribution is 5.97. The number of nitrogens with zero attached hydrogens (tertiary/aromatic N) is 12. The number of rotatable bonds is 12. The lowest BCUT2D eigenvalue weighted by molar-refractivity contribution is 0.590. The highest BCUT2D eigenvalue weighted by atomic mass is 15.1. The summed E-state index contributed by atoms with van der Waals surface area (Å²) in [6.07, 6.45) is 0. The molecule has 12 nitrogen and oxygen atoms in total. The summed E-state index contributed by atoms with van der Waals surface area (Å²) in [5.74, 6) is 0. The van der Waals surface area contributed by atoms with Crippen LogP contribution in [0, 0.1) is 0 Å². The molecule has 0 aliphatic rings. The monoisotopic (exact) mass is 1070 g/mol. The molecule has 406 valence electrons. The van der Waals surface area contributed by atoms with Crippen LogP contribution in [0.2, 0.25) is 0 Å². The molecule has 12 heteroatoms. The second-order valence-corrected chi connectivity index (χ2v) is 24.9. The van der Waals surface area contributed by atoms with E-state index in [4.69, 9.17) is 0 Å². The molecule has 0 heterocycles. The van der Waals surface area contributed by atoms with E-state index in [1.807, 2.05) is 115 Å². The Kier molecular flexibility index (Phi) is 15.8.